The standard InChI is InChI=1S/C37H22N2S2/c38-21-23-8-7-12-24(35(23)39-31-13-4-1-9-25(31)26-10-2-5-14-32(26)39)22-16-19-34-30(20-22)29-18-17-28-27-11-3-6-15-33(27)40-36(28)37(29)41-34/h1-20,29,37H. The number of nitrogens with zero attached hydrogens (tertiary/aromatic N) is 2. The largest absolute Gasteiger partial charge is 0.307 e. The van der Waals surface area contributed by atoms with Crippen LogP contribution in [0.5, 0.6) is 0 Å². The van der Waals surface area contributed by atoms with Gasteiger partial charge in [0.2, 0.25) is 0 Å². The Kier molecular flexibility index (Phi) is 4.93. The van der Waals surface area contributed by atoms with Gasteiger partial charge in [0, 0.05) is 36.7 Å². The summed E-state index contributed by atoms with van der Waals surface area (Å²) < 4.78 is 3.65. The fourth-order valence-electron chi connectivity index (χ4n) is 6.82. The summed E-state index contributed by atoms with van der Waals surface area (Å²) in [6.07, 6.45) is 4.76. The SMILES string of the molecule is N#Cc1cccc(-c2ccc3c(c2)C2C=Cc4c(sc5ccccc45)C2S3)c1-n1c2ccccc2c2ccccc21. The van der Waals surface area contributed by atoms with E-state index in [-0.39, 0.29) is 0 Å². The van der Waals surface area contributed by atoms with Gasteiger partial charge in [-0.15, -0.1) is 23.1 Å². The number of allylic oxidation sites excluding steroid dienone is 1. The molecule has 1 aliphatic heterocycles. The Morgan fingerprint density at radius 1 is 0.732 bits per heavy atom. The zero-order valence-corrected chi connectivity index (χ0v) is 23.5. The van der Waals surface area contributed by atoms with Gasteiger partial charge >= 0.3 is 0 Å². The van der Waals surface area contributed by atoms with Crippen molar-refractivity contribution >= 4 is 61.1 Å². The molecule has 2 aliphatic rings. The van der Waals surface area contributed by atoms with Crippen LogP contribution in [0.25, 0.3) is 54.8 Å². The van der Waals surface area contributed by atoms with Crippen molar-refractivity contribution < 1.29 is 0 Å². The van der Waals surface area contributed by atoms with Gasteiger partial charge in [-0.25, -0.2) is 0 Å². The first kappa shape index (κ1) is 23.2. The predicted octanol–water partition coefficient (Wildman–Crippen LogP) is 10.5. The van der Waals surface area contributed by atoms with Crippen LogP contribution in [-0.4, -0.2) is 4.57 Å². The lowest BCUT2D eigenvalue weighted by atomic mass is 9.87. The molecule has 0 saturated carbocycles. The smallest absolute Gasteiger partial charge is 0.101 e. The minimum atomic E-state index is 0.339. The van der Waals surface area contributed by atoms with Gasteiger partial charge in [-0.1, -0.05) is 84.9 Å². The molecule has 7 aromatic rings. The Morgan fingerprint density at radius 3 is 2.24 bits per heavy atom. The van der Waals surface area contributed by atoms with Crippen LogP contribution >= 0.6 is 23.1 Å². The minimum Gasteiger partial charge on any atom is -0.307 e. The molecule has 9 rings (SSSR count). The van der Waals surface area contributed by atoms with Gasteiger partial charge in [-0.2, -0.15) is 5.26 Å². The molecule has 5 aromatic carbocycles. The molecule has 2 nitrogen and oxygen atoms in total. The van der Waals surface area contributed by atoms with E-state index in [1.807, 2.05) is 35.2 Å². The van der Waals surface area contributed by atoms with Crippen molar-refractivity contribution in [3.63, 3.8) is 0 Å². The fraction of sp³-hybridized carbons (Fsp3) is 0.0541. The van der Waals surface area contributed by atoms with E-state index in [1.54, 1.807) is 0 Å². The number of aromatic nitrogens is 1. The first-order valence-electron chi connectivity index (χ1n) is 13.8. The summed E-state index contributed by atoms with van der Waals surface area (Å²) in [6, 6.07) is 41.3. The quantitative estimate of drug-likeness (QED) is 0.211. The van der Waals surface area contributed by atoms with Gasteiger partial charge in [0.05, 0.1) is 27.5 Å². The fourth-order valence-corrected chi connectivity index (χ4v) is 9.70. The summed E-state index contributed by atoms with van der Waals surface area (Å²) in [4.78, 5) is 2.84. The molecule has 0 saturated heterocycles. The highest BCUT2D eigenvalue weighted by Gasteiger charge is 2.38. The number of rotatable bonds is 2. The van der Waals surface area contributed by atoms with E-state index in [2.05, 4.69) is 120 Å². The number of thioether (sulfide) groups is 1. The highest BCUT2D eigenvalue weighted by Crippen LogP contribution is 2.60. The number of hydrogen-bond donors (Lipinski definition) is 0. The maximum Gasteiger partial charge on any atom is 0.101 e. The molecular formula is C37H22N2S2. The van der Waals surface area contributed by atoms with Gasteiger partial charge in [0.25, 0.3) is 0 Å². The van der Waals surface area contributed by atoms with E-state index >= 15 is 0 Å². The van der Waals surface area contributed by atoms with E-state index in [1.165, 1.54) is 41.8 Å². The molecular weight excluding hydrogens is 537 g/mol. The maximum absolute atomic E-state index is 10.3. The zero-order valence-electron chi connectivity index (χ0n) is 21.9. The van der Waals surface area contributed by atoms with Gasteiger partial charge in [0.1, 0.15) is 6.07 Å². The molecule has 2 unspecified atom stereocenters. The highest BCUT2D eigenvalue weighted by atomic mass is 32.2. The summed E-state index contributed by atoms with van der Waals surface area (Å²) in [6.45, 7) is 0. The molecule has 3 heterocycles. The van der Waals surface area contributed by atoms with Crippen molar-refractivity contribution in [1.29, 1.82) is 5.26 Å². The number of thiophene rings is 1. The lowest BCUT2D eigenvalue weighted by Crippen LogP contribution is -2.04. The first-order valence-corrected chi connectivity index (χ1v) is 15.5. The Bertz CT molecular complexity index is 2220. The minimum absolute atomic E-state index is 0.339. The second-order valence-electron chi connectivity index (χ2n) is 10.7. The van der Waals surface area contributed by atoms with E-state index < -0.39 is 0 Å². The van der Waals surface area contributed by atoms with Crippen molar-refractivity contribution in [3.05, 3.63) is 137 Å². The van der Waals surface area contributed by atoms with Crippen molar-refractivity contribution in [2.24, 2.45) is 0 Å². The Balaban J connectivity index is 1.24. The third-order valence-electron chi connectivity index (χ3n) is 8.61. The summed E-state index contributed by atoms with van der Waals surface area (Å²) >= 11 is 3.94. The molecule has 0 spiro atoms. The lowest BCUT2D eigenvalue weighted by molar-refractivity contribution is 0.834. The predicted molar refractivity (Wildman–Crippen MR) is 173 cm³/mol. The molecule has 192 valence electrons. The summed E-state index contributed by atoms with van der Waals surface area (Å²) in [5, 5.41) is 14.5. The van der Waals surface area contributed by atoms with Crippen LogP contribution in [0, 0.1) is 11.3 Å². The second-order valence-corrected chi connectivity index (χ2v) is 13.0. The topological polar surface area (TPSA) is 28.7 Å². The molecule has 0 radical (unpaired) electrons. The normalized spacial score (nSPS) is 17.0. The maximum atomic E-state index is 10.3. The average molecular weight is 559 g/mol. The molecule has 2 aromatic heterocycles. The third kappa shape index (κ3) is 3.25. The number of para-hydroxylation sites is 3. The summed E-state index contributed by atoms with van der Waals surface area (Å²) in [5.74, 6) is 0.339. The Morgan fingerprint density at radius 2 is 1.46 bits per heavy atom. The number of nitriles is 1. The molecule has 0 fully saturated rings. The van der Waals surface area contributed by atoms with Gasteiger partial charge in [-0.05, 0) is 58.5 Å². The van der Waals surface area contributed by atoms with Gasteiger partial charge in [0.15, 0.2) is 0 Å². The summed E-state index contributed by atoms with van der Waals surface area (Å²) in [5.41, 5.74) is 8.84. The third-order valence-corrected chi connectivity index (χ3v) is 11.4. The molecule has 0 bridgehead atoms. The van der Waals surface area contributed by atoms with E-state index in [0.717, 1.165) is 27.8 Å². The van der Waals surface area contributed by atoms with Gasteiger partial charge < -0.3 is 4.57 Å². The second kappa shape index (κ2) is 8.72. The molecule has 0 N–H and O–H groups in total. The molecule has 41 heavy (non-hydrogen) atoms. The van der Waals surface area contributed by atoms with Gasteiger partial charge in [-0.3, -0.25) is 0 Å². The van der Waals surface area contributed by atoms with E-state index in [4.69, 9.17) is 0 Å². The first-order chi connectivity index (χ1) is 20.3. The number of benzene rings is 5. The Hall–Kier alpha value is -4.56. The Labute approximate surface area is 245 Å². The zero-order chi connectivity index (χ0) is 27.1. The number of fused-ring (bicyclic) bond motifs is 10. The van der Waals surface area contributed by atoms with Crippen LogP contribution in [0.1, 0.15) is 32.7 Å². The lowest BCUT2D eigenvalue weighted by Gasteiger charge is -2.21. The molecule has 4 heteroatoms. The average Bonchev–Trinajstić information content (AvgIpc) is 3.70. The van der Waals surface area contributed by atoms with Crippen molar-refractivity contribution in [2.75, 3.05) is 0 Å². The highest BCUT2D eigenvalue weighted by molar-refractivity contribution is 8.00. The molecule has 2 atom stereocenters. The van der Waals surface area contributed by atoms with Crippen LogP contribution < -0.4 is 0 Å². The monoisotopic (exact) mass is 558 g/mol. The van der Waals surface area contributed by atoms with Crippen LogP contribution in [-0.2, 0) is 0 Å². The van der Waals surface area contributed by atoms with Crippen LogP contribution in [0.15, 0.2) is 120 Å². The van der Waals surface area contributed by atoms with Crippen molar-refractivity contribution in [2.45, 2.75) is 16.1 Å². The van der Waals surface area contributed by atoms with Crippen LogP contribution in [0.2, 0.25) is 0 Å². The molecule has 0 amide bonds. The summed E-state index contributed by atoms with van der Waals surface area (Å²) in [7, 11) is 0. The van der Waals surface area contributed by atoms with E-state index in [0.29, 0.717) is 16.7 Å². The molecule has 1 aliphatic carbocycles. The van der Waals surface area contributed by atoms with Crippen molar-refractivity contribution in [1.82, 2.24) is 4.57 Å². The number of hydrogen-bond acceptors (Lipinski definition) is 3. The van der Waals surface area contributed by atoms with Crippen molar-refractivity contribution in [3.8, 4) is 22.9 Å². The van der Waals surface area contributed by atoms with E-state index in [9.17, 15) is 5.26 Å². The van der Waals surface area contributed by atoms with Crippen LogP contribution in [0.3, 0.4) is 0 Å². The van der Waals surface area contributed by atoms with Crippen LogP contribution in [0.4, 0.5) is 0 Å².